The molecular formula is C14H25N5O2. The Labute approximate surface area is 125 Å². The van der Waals surface area contributed by atoms with Gasteiger partial charge in [0.15, 0.2) is 5.82 Å². The lowest BCUT2D eigenvalue weighted by Crippen LogP contribution is -2.40. The van der Waals surface area contributed by atoms with Crippen LogP contribution >= 0.6 is 0 Å². The fraction of sp³-hybridized carbons (Fsp3) is 0.857. The normalized spacial score (nSPS) is 19.9. The van der Waals surface area contributed by atoms with E-state index in [9.17, 15) is 4.79 Å². The molecule has 0 spiro atoms. The highest BCUT2D eigenvalue weighted by atomic mass is 16.6. The number of carbonyl (C=O) groups is 1. The maximum absolute atomic E-state index is 12.3. The molecule has 7 nitrogen and oxygen atoms in total. The lowest BCUT2D eigenvalue weighted by molar-refractivity contribution is -0.160. The van der Waals surface area contributed by atoms with Crippen molar-refractivity contribution >= 4 is 5.97 Å². The summed E-state index contributed by atoms with van der Waals surface area (Å²) >= 11 is 0. The van der Waals surface area contributed by atoms with Gasteiger partial charge in [0.25, 0.3) is 0 Å². The van der Waals surface area contributed by atoms with Crippen molar-refractivity contribution in [2.75, 3.05) is 6.54 Å². The van der Waals surface area contributed by atoms with E-state index >= 15 is 0 Å². The molecule has 7 heteroatoms. The van der Waals surface area contributed by atoms with Gasteiger partial charge < -0.3 is 4.74 Å². The largest absolute Gasteiger partial charge is 0.459 e. The van der Waals surface area contributed by atoms with E-state index in [-0.39, 0.29) is 12.0 Å². The molecular weight excluding hydrogens is 270 g/mol. The van der Waals surface area contributed by atoms with Crippen molar-refractivity contribution in [2.45, 2.75) is 71.7 Å². The van der Waals surface area contributed by atoms with Gasteiger partial charge in [0.1, 0.15) is 11.6 Å². The van der Waals surface area contributed by atoms with Gasteiger partial charge >= 0.3 is 5.97 Å². The number of hydrogen-bond donors (Lipinski definition) is 0. The number of aromatic nitrogens is 4. The van der Waals surface area contributed by atoms with Crippen molar-refractivity contribution in [1.82, 2.24) is 25.1 Å². The van der Waals surface area contributed by atoms with Gasteiger partial charge in [-0.15, -0.1) is 5.10 Å². The molecule has 1 aliphatic heterocycles. The number of aryl methyl sites for hydroxylation is 1. The summed E-state index contributed by atoms with van der Waals surface area (Å²) in [5.74, 6) is 0.668. The Balaban J connectivity index is 2.01. The quantitative estimate of drug-likeness (QED) is 0.764. The van der Waals surface area contributed by atoms with Crippen molar-refractivity contribution in [2.24, 2.45) is 0 Å². The number of hydrogen-bond acceptors (Lipinski definition) is 6. The van der Waals surface area contributed by atoms with Crippen LogP contribution < -0.4 is 0 Å². The molecule has 0 amide bonds. The summed E-state index contributed by atoms with van der Waals surface area (Å²) in [7, 11) is 0. The minimum atomic E-state index is -0.449. The van der Waals surface area contributed by atoms with Crippen molar-refractivity contribution in [3.05, 3.63) is 5.82 Å². The molecule has 1 atom stereocenters. The Bertz CT molecular complexity index is 480. The maximum Gasteiger partial charge on any atom is 0.323 e. The average Bonchev–Trinajstić information content (AvgIpc) is 2.98. The third-order valence-corrected chi connectivity index (χ3v) is 3.43. The van der Waals surface area contributed by atoms with Crippen LogP contribution in [0.15, 0.2) is 0 Å². The second-order valence-electron chi connectivity index (χ2n) is 6.48. The predicted molar refractivity (Wildman–Crippen MR) is 77.4 cm³/mol. The van der Waals surface area contributed by atoms with Gasteiger partial charge in [0.05, 0.1) is 6.54 Å². The predicted octanol–water partition coefficient (Wildman–Crippen LogP) is 1.39. The SMILES string of the molecule is CCCn1nnnc1CN1CCC[C@@H]1C(=O)OC(C)(C)C. The molecule has 0 aromatic carbocycles. The Kier molecular flexibility index (Phi) is 4.92. The van der Waals surface area contributed by atoms with E-state index in [1.54, 1.807) is 0 Å². The second kappa shape index (κ2) is 6.51. The lowest BCUT2D eigenvalue weighted by atomic mass is 10.1. The van der Waals surface area contributed by atoms with E-state index in [1.807, 2.05) is 25.5 Å². The summed E-state index contributed by atoms with van der Waals surface area (Å²) in [5.41, 5.74) is -0.449. The standard InChI is InChI=1S/C14H25N5O2/c1-5-8-19-12(15-16-17-19)10-18-9-6-7-11(18)13(20)21-14(2,3)4/h11H,5-10H2,1-4H3/t11-/m1/s1. The molecule has 0 bridgehead atoms. The molecule has 1 aliphatic rings. The van der Waals surface area contributed by atoms with Gasteiger partial charge in [0, 0.05) is 6.54 Å². The van der Waals surface area contributed by atoms with Crippen LogP contribution in [0, 0.1) is 0 Å². The minimum absolute atomic E-state index is 0.144. The zero-order chi connectivity index (χ0) is 15.5. The number of likely N-dealkylation sites (tertiary alicyclic amines) is 1. The fourth-order valence-corrected chi connectivity index (χ4v) is 2.56. The second-order valence-corrected chi connectivity index (χ2v) is 6.48. The van der Waals surface area contributed by atoms with Gasteiger partial charge in [-0.2, -0.15) is 0 Å². The van der Waals surface area contributed by atoms with Crippen LogP contribution in [0.2, 0.25) is 0 Å². The van der Waals surface area contributed by atoms with Gasteiger partial charge in [-0.05, 0) is 57.0 Å². The summed E-state index contributed by atoms with van der Waals surface area (Å²) in [6, 6.07) is -0.184. The van der Waals surface area contributed by atoms with Crippen molar-refractivity contribution in [1.29, 1.82) is 0 Å². The molecule has 21 heavy (non-hydrogen) atoms. The molecule has 1 saturated heterocycles. The third-order valence-electron chi connectivity index (χ3n) is 3.43. The molecule has 118 valence electrons. The first-order valence-corrected chi connectivity index (χ1v) is 7.62. The first-order chi connectivity index (χ1) is 9.90. The monoisotopic (exact) mass is 295 g/mol. The summed E-state index contributed by atoms with van der Waals surface area (Å²) in [4.78, 5) is 14.4. The van der Waals surface area contributed by atoms with E-state index in [0.717, 1.165) is 38.2 Å². The van der Waals surface area contributed by atoms with Crippen LogP contribution in [0.1, 0.15) is 52.8 Å². The molecule has 0 saturated carbocycles. The molecule has 1 fully saturated rings. The Hall–Kier alpha value is -1.50. The highest BCUT2D eigenvalue weighted by Gasteiger charge is 2.34. The smallest absolute Gasteiger partial charge is 0.323 e. The highest BCUT2D eigenvalue weighted by Crippen LogP contribution is 2.22. The van der Waals surface area contributed by atoms with Crippen molar-refractivity contribution < 1.29 is 9.53 Å². The number of ether oxygens (including phenoxy) is 1. The third kappa shape index (κ3) is 4.23. The first kappa shape index (κ1) is 15.9. The Morgan fingerprint density at radius 3 is 2.86 bits per heavy atom. The molecule has 1 aromatic rings. The van der Waals surface area contributed by atoms with Gasteiger partial charge in [-0.3, -0.25) is 9.69 Å². The van der Waals surface area contributed by atoms with Gasteiger partial charge in [0.2, 0.25) is 0 Å². The summed E-state index contributed by atoms with van der Waals surface area (Å²) in [5, 5.41) is 11.8. The number of esters is 1. The van der Waals surface area contributed by atoms with Crippen LogP contribution in [-0.2, 0) is 22.6 Å². The van der Waals surface area contributed by atoms with Crippen LogP contribution in [0.25, 0.3) is 0 Å². The lowest BCUT2D eigenvalue weighted by Gasteiger charge is -2.26. The molecule has 0 N–H and O–H groups in total. The van der Waals surface area contributed by atoms with Crippen LogP contribution in [-0.4, -0.2) is 49.3 Å². The molecule has 0 aliphatic carbocycles. The minimum Gasteiger partial charge on any atom is -0.459 e. The van der Waals surface area contributed by atoms with Gasteiger partial charge in [-0.1, -0.05) is 6.92 Å². The number of tetrazole rings is 1. The number of nitrogens with zero attached hydrogens (tertiary/aromatic N) is 5. The van der Waals surface area contributed by atoms with Crippen LogP contribution in [0.4, 0.5) is 0 Å². The van der Waals surface area contributed by atoms with E-state index in [0.29, 0.717) is 6.54 Å². The zero-order valence-electron chi connectivity index (χ0n) is 13.4. The first-order valence-electron chi connectivity index (χ1n) is 7.62. The summed E-state index contributed by atoms with van der Waals surface area (Å²) in [6.07, 6.45) is 2.82. The summed E-state index contributed by atoms with van der Waals surface area (Å²) in [6.45, 7) is 10.0. The maximum atomic E-state index is 12.3. The molecule has 0 unspecified atom stereocenters. The van der Waals surface area contributed by atoms with Gasteiger partial charge in [-0.25, -0.2) is 4.68 Å². The zero-order valence-corrected chi connectivity index (χ0v) is 13.4. The number of carbonyl (C=O) groups excluding carboxylic acids is 1. The molecule has 2 rings (SSSR count). The van der Waals surface area contributed by atoms with Crippen LogP contribution in [0.5, 0.6) is 0 Å². The fourth-order valence-electron chi connectivity index (χ4n) is 2.56. The van der Waals surface area contributed by atoms with E-state index < -0.39 is 5.60 Å². The van der Waals surface area contributed by atoms with E-state index in [2.05, 4.69) is 27.3 Å². The molecule has 1 aromatic heterocycles. The molecule has 2 heterocycles. The van der Waals surface area contributed by atoms with Crippen LogP contribution in [0.3, 0.4) is 0 Å². The highest BCUT2D eigenvalue weighted by molar-refractivity contribution is 5.76. The topological polar surface area (TPSA) is 73.1 Å². The van der Waals surface area contributed by atoms with E-state index in [4.69, 9.17) is 4.74 Å². The average molecular weight is 295 g/mol. The molecule has 0 radical (unpaired) electrons. The van der Waals surface area contributed by atoms with Crippen molar-refractivity contribution in [3.8, 4) is 0 Å². The Morgan fingerprint density at radius 2 is 2.19 bits per heavy atom. The number of rotatable bonds is 5. The van der Waals surface area contributed by atoms with E-state index in [1.165, 1.54) is 0 Å². The van der Waals surface area contributed by atoms with Crippen molar-refractivity contribution in [3.63, 3.8) is 0 Å². The summed E-state index contributed by atoms with van der Waals surface area (Å²) < 4.78 is 7.32. The Morgan fingerprint density at radius 1 is 1.43 bits per heavy atom.